The quantitative estimate of drug-likeness (QED) is 0.723. The van der Waals surface area contributed by atoms with Crippen LogP contribution >= 0.6 is 0 Å². The molecule has 1 saturated carbocycles. The van der Waals surface area contributed by atoms with Crippen LogP contribution in [0.2, 0.25) is 0 Å². The second-order valence-corrected chi connectivity index (χ2v) is 5.70. The number of carbonyl (C=O) groups is 1. The van der Waals surface area contributed by atoms with Crippen LogP contribution < -0.4 is 5.32 Å². The Morgan fingerprint density at radius 1 is 1.38 bits per heavy atom. The maximum atomic E-state index is 11.5. The van der Waals surface area contributed by atoms with E-state index in [9.17, 15) is 9.90 Å². The van der Waals surface area contributed by atoms with Crippen molar-refractivity contribution in [1.29, 1.82) is 0 Å². The topological polar surface area (TPSA) is 58.6 Å². The summed E-state index contributed by atoms with van der Waals surface area (Å²) in [6, 6.07) is 0.0426. The number of amides is 1. The van der Waals surface area contributed by atoms with E-state index < -0.39 is 5.60 Å². The first-order chi connectivity index (χ1) is 7.28. The summed E-state index contributed by atoms with van der Waals surface area (Å²) in [5.74, 6) is 0.330. The average molecular weight is 229 g/mol. The highest BCUT2D eigenvalue weighted by atomic mass is 16.6. The Morgan fingerprint density at radius 3 is 2.50 bits per heavy atom. The normalized spacial score (nSPS) is 30.9. The number of alkyl carbamates (subject to hydrolysis) is 1. The predicted molar refractivity (Wildman–Crippen MR) is 62.2 cm³/mol. The molecule has 1 aliphatic rings. The molecule has 94 valence electrons. The molecular formula is C12H23NO3. The first-order valence-electron chi connectivity index (χ1n) is 5.95. The molecule has 0 aromatic rings. The average Bonchev–Trinajstić information content (AvgIpc) is 2.08. The third-order valence-electron chi connectivity index (χ3n) is 2.87. The van der Waals surface area contributed by atoms with E-state index in [-0.39, 0.29) is 18.2 Å². The predicted octanol–water partition coefficient (Wildman–Crippen LogP) is 2.06. The largest absolute Gasteiger partial charge is 0.444 e. The summed E-state index contributed by atoms with van der Waals surface area (Å²) < 4.78 is 5.17. The van der Waals surface area contributed by atoms with Crippen LogP contribution in [0.1, 0.15) is 47.0 Å². The summed E-state index contributed by atoms with van der Waals surface area (Å²) in [6.45, 7) is 7.55. The van der Waals surface area contributed by atoms with Crippen molar-refractivity contribution in [2.75, 3.05) is 0 Å². The van der Waals surface area contributed by atoms with E-state index in [2.05, 4.69) is 5.32 Å². The lowest BCUT2D eigenvalue weighted by atomic mass is 9.85. The molecule has 1 fully saturated rings. The summed E-state index contributed by atoms with van der Waals surface area (Å²) in [5.41, 5.74) is -0.468. The van der Waals surface area contributed by atoms with Crippen molar-refractivity contribution in [3.63, 3.8) is 0 Å². The Balaban J connectivity index is 2.35. The Bertz CT molecular complexity index is 247. The molecule has 4 nitrogen and oxygen atoms in total. The molecule has 0 aromatic heterocycles. The molecule has 0 aromatic carbocycles. The molecule has 16 heavy (non-hydrogen) atoms. The summed E-state index contributed by atoms with van der Waals surface area (Å²) in [4.78, 5) is 11.5. The van der Waals surface area contributed by atoms with Gasteiger partial charge >= 0.3 is 6.09 Å². The van der Waals surface area contributed by atoms with Gasteiger partial charge in [-0.3, -0.25) is 0 Å². The van der Waals surface area contributed by atoms with Gasteiger partial charge in [-0.05, 0) is 46.0 Å². The maximum absolute atomic E-state index is 11.5. The molecule has 2 N–H and O–H groups in total. The minimum atomic E-state index is -0.468. The lowest BCUT2D eigenvalue weighted by molar-refractivity contribution is 0.0370. The molecule has 0 spiro atoms. The SMILES string of the molecule is C[C@@H]1CC[C@H](NC(=O)OC(C)(C)C)CC1O. The van der Waals surface area contributed by atoms with Gasteiger partial charge in [0.2, 0.25) is 0 Å². The number of aliphatic hydroxyl groups excluding tert-OH is 1. The van der Waals surface area contributed by atoms with Gasteiger partial charge in [0.15, 0.2) is 0 Å². The number of ether oxygens (including phenoxy) is 1. The minimum Gasteiger partial charge on any atom is -0.444 e. The monoisotopic (exact) mass is 229 g/mol. The van der Waals surface area contributed by atoms with Gasteiger partial charge in [-0.1, -0.05) is 6.92 Å². The fourth-order valence-electron chi connectivity index (χ4n) is 1.90. The number of hydrogen-bond donors (Lipinski definition) is 2. The second kappa shape index (κ2) is 5.04. The van der Waals surface area contributed by atoms with Crippen LogP contribution in [0, 0.1) is 5.92 Å². The third kappa shape index (κ3) is 4.39. The number of aliphatic hydroxyl groups is 1. The van der Waals surface area contributed by atoms with Gasteiger partial charge in [-0.2, -0.15) is 0 Å². The Labute approximate surface area is 97.4 Å². The second-order valence-electron chi connectivity index (χ2n) is 5.70. The van der Waals surface area contributed by atoms with E-state index in [1.165, 1.54) is 0 Å². The van der Waals surface area contributed by atoms with Gasteiger partial charge in [-0.15, -0.1) is 0 Å². The summed E-state index contributed by atoms with van der Waals surface area (Å²) >= 11 is 0. The maximum Gasteiger partial charge on any atom is 0.407 e. The van der Waals surface area contributed by atoms with Crippen molar-refractivity contribution in [2.45, 2.75) is 64.7 Å². The lowest BCUT2D eigenvalue weighted by Crippen LogP contribution is -2.44. The van der Waals surface area contributed by atoms with Gasteiger partial charge in [0.25, 0.3) is 0 Å². The molecule has 3 atom stereocenters. The Morgan fingerprint density at radius 2 is 2.00 bits per heavy atom. The van der Waals surface area contributed by atoms with Crippen molar-refractivity contribution in [2.24, 2.45) is 5.92 Å². The smallest absolute Gasteiger partial charge is 0.407 e. The fourth-order valence-corrected chi connectivity index (χ4v) is 1.90. The lowest BCUT2D eigenvalue weighted by Gasteiger charge is -2.32. The van der Waals surface area contributed by atoms with Crippen LogP contribution in [0.4, 0.5) is 4.79 Å². The molecule has 0 heterocycles. The Hall–Kier alpha value is -0.770. The highest BCUT2D eigenvalue weighted by Crippen LogP contribution is 2.24. The summed E-state index contributed by atoms with van der Waals surface area (Å²) in [5, 5.41) is 12.5. The molecule has 1 unspecified atom stereocenters. The van der Waals surface area contributed by atoms with E-state index in [0.29, 0.717) is 12.3 Å². The van der Waals surface area contributed by atoms with Gasteiger partial charge in [-0.25, -0.2) is 4.79 Å². The van der Waals surface area contributed by atoms with E-state index in [0.717, 1.165) is 12.8 Å². The zero-order chi connectivity index (χ0) is 12.3. The molecule has 1 rings (SSSR count). The van der Waals surface area contributed by atoms with Gasteiger partial charge in [0.05, 0.1) is 6.10 Å². The van der Waals surface area contributed by atoms with E-state index in [1.807, 2.05) is 27.7 Å². The first kappa shape index (κ1) is 13.3. The molecule has 0 aliphatic heterocycles. The number of carbonyl (C=O) groups excluding carboxylic acids is 1. The van der Waals surface area contributed by atoms with Crippen molar-refractivity contribution in [3.8, 4) is 0 Å². The van der Waals surface area contributed by atoms with Crippen molar-refractivity contribution >= 4 is 6.09 Å². The summed E-state index contributed by atoms with van der Waals surface area (Å²) in [7, 11) is 0. The molecular weight excluding hydrogens is 206 g/mol. The highest BCUT2D eigenvalue weighted by Gasteiger charge is 2.28. The van der Waals surface area contributed by atoms with Gasteiger partial charge < -0.3 is 15.2 Å². The number of nitrogens with one attached hydrogen (secondary N) is 1. The molecule has 1 amide bonds. The highest BCUT2D eigenvalue weighted by molar-refractivity contribution is 5.68. The van der Waals surface area contributed by atoms with Crippen LogP contribution in [0.3, 0.4) is 0 Å². The van der Waals surface area contributed by atoms with E-state index >= 15 is 0 Å². The van der Waals surface area contributed by atoms with Gasteiger partial charge in [0, 0.05) is 6.04 Å². The molecule has 1 aliphatic carbocycles. The van der Waals surface area contributed by atoms with E-state index in [4.69, 9.17) is 4.74 Å². The zero-order valence-electron chi connectivity index (χ0n) is 10.6. The fraction of sp³-hybridized carbons (Fsp3) is 0.917. The van der Waals surface area contributed by atoms with Crippen molar-refractivity contribution in [3.05, 3.63) is 0 Å². The van der Waals surface area contributed by atoms with Crippen LogP contribution in [0.5, 0.6) is 0 Å². The van der Waals surface area contributed by atoms with Crippen LogP contribution in [0.15, 0.2) is 0 Å². The summed E-state index contributed by atoms with van der Waals surface area (Å²) in [6.07, 6.45) is 1.78. The number of rotatable bonds is 1. The third-order valence-corrected chi connectivity index (χ3v) is 2.87. The first-order valence-corrected chi connectivity index (χ1v) is 5.95. The standard InChI is InChI=1S/C12H23NO3/c1-8-5-6-9(7-10(8)14)13-11(15)16-12(2,3)4/h8-10,14H,5-7H2,1-4H3,(H,13,15)/t8-,9+,10?/m1/s1. The van der Waals surface area contributed by atoms with Crippen LogP contribution in [-0.4, -0.2) is 28.9 Å². The van der Waals surface area contributed by atoms with Crippen LogP contribution in [0.25, 0.3) is 0 Å². The zero-order valence-corrected chi connectivity index (χ0v) is 10.6. The van der Waals surface area contributed by atoms with Gasteiger partial charge in [0.1, 0.15) is 5.60 Å². The molecule has 4 heteroatoms. The van der Waals surface area contributed by atoms with Crippen molar-refractivity contribution < 1.29 is 14.6 Å². The Kier molecular flexibility index (Phi) is 4.19. The molecule has 0 radical (unpaired) electrons. The van der Waals surface area contributed by atoms with Crippen molar-refractivity contribution in [1.82, 2.24) is 5.32 Å². The molecule has 0 bridgehead atoms. The van der Waals surface area contributed by atoms with Crippen LogP contribution in [-0.2, 0) is 4.74 Å². The molecule has 0 saturated heterocycles. The van der Waals surface area contributed by atoms with E-state index in [1.54, 1.807) is 0 Å². The number of hydrogen-bond acceptors (Lipinski definition) is 3. The minimum absolute atomic E-state index is 0.0426.